The second kappa shape index (κ2) is 5.68. The van der Waals surface area contributed by atoms with Gasteiger partial charge in [0, 0.05) is 18.6 Å². The average Bonchev–Trinajstić information content (AvgIpc) is 2.30. The average molecular weight is 237 g/mol. The molecule has 0 fully saturated rings. The number of benzene rings is 1. The lowest BCUT2D eigenvalue weighted by molar-refractivity contribution is -0.121. The fourth-order valence-electron chi connectivity index (χ4n) is 1.26. The second-order valence-electron chi connectivity index (χ2n) is 4.94. The van der Waals surface area contributed by atoms with E-state index in [-0.39, 0.29) is 30.1 Å². The molecule has 0 aliphatic carbocycles. The number of aromatic hydroxyl groups is 1. The van der Waals surface area contributed by atoms with Crippen molar-refractivity contribution in [2.24, 2.45) is 5.41 Å². The molecule has 0 spiro atoms. The van der Waals surface area contributed by atoms with Crippen molar-refractivity contribution in [3.63, 3.8) is 0 Å². The lowest BCUT2D eigenvalue weighted by atomic mass is 9.95. The van der Waals surface area contributed by atoms with Crippen LogP contribution in [0, 0.1) is 5.41 Å². The predicted molar refractivity (Wildman–Crippen MR) is 65.7 cm³/mol. The lowest BCUT2D eigenvalue weighted by Crippen LogP contribution is -2.36. The van der Waals surface area contributed by atoms with E-state index in [4.69, 9.17) is 10.2 Å². The van der Waals surface area contributed by atoms with Crippen LogP contribution in [-0.4, -0.2) is 29.3 Å². The van der Waals surface area contributed by atoms with E-state index in [2.05, 4.69) is 5.32 Å². The zero-order valence-electron chi connectivity index (χ0n) is 10.2. The van der Waals surface area contributed by atoms with Gasteiger partial charge in [0.05, 0.1) is 6.42 Å². The molecule has 94 valence electrons. The van der Waals surface area contributed by atoms with E-state index in [0.29, 0.717) is 6.54 Å². The zero-order chi connectivity index (χ0) is 12.9. The normalized spacial score (nSPS) is 11.2. The lowest BCUT2D eigenvalue weighted by Gasteiger charge is -2.21. The van der Waals surface area contributed by atoms with Crippen molar-refractivity contribution in [2.45, 2.75) is 20.3 Å². The fourth-order valence-corrected chi connectivity index (χ4v) is 1.26. The van der Waals surface area contributed by atoms with Crippen molar-refractivity contribution in [1.29, 1.82) is 0 Å². The summed E-state index contributed by atoms with van der Waals surface area (Å²) in [6.45, 7) is 4.24. The Bertz CT molecular complexity index is 371. The van der Waals surface area contributed by atoms with Crippen LogP contribution in [0.4, 0.5) is 0 Å². The van der Waals surface area contributed by atoms with E-state index in [0.717, 1.165) is 5.56 Å². The number of hydrogen-bond acceptors (Lipinski definition) is 3. The molecule has 0 aliphatic rings. The van der Waals surface area contributed by atoms with Gasteiger partial charge in [0.1, 0.15) is 5.75 Å². The number of nitrogens with one attached hydrogen (secondary N) is 1. The largest absolute Gasteiger partial charge is 0.508 e. The van der Waals surface area contributed by atoms with E-state index < -0.39 is 0 Å². The fraction of sp³-hybridized carbons (Fsp3) is 0.462. The Labute approximate surface area is 101 Å². The quantitative estimate of drug-likeness (QED) is 0.717. The highest BCUT2D eigenvalue weighted by molar-refractivity contribution is 5.78. The van der Waals surface area contributed by atoms with Gasteiger partial charge in [-0.2, -0.15) is 0 Å². The summed E-state index contributed by atoms with van der Waals surface area (Å²) in [6.07, 6.45) is 0.280. The number of hydrogen-bond donors (Lipinski definition) is 3. The van der Waals surface area contributed by atoms with Crippen molar-refractivity contribution in [1.82, 2.24) is 5.32 Å². The molecule has 1 amide bonds. The molecule has 1 aromatic carbocycles. The maximum Gasteiger partial charge on any atom is 0.224 e. The molecule has 0 saturated carbocycles. The van der Waals surface area contributed by atoms with Gasteiger partial charge in [0.25, 0.3) is 0 Å². The summed E-state index contributed by atoms with van der Waals surface area (Å²) in [5, 5.41) is 20.9. The van der Waals surface area contributed by atoms with E-state index in [1.54, 1.807) is 24.3 Å². The van der Waals surface area contributed by atoms with E-state index in [1.165, 1.54) is 0 Å². The Balaban J connectivity index is 2.42. The molecule has 0 saturated heterocycles. The van der Waals surface area contributed by atoms with Crippen molar-refractivity contribution in [3.8, 4) is 5.75 Å². The third kappa shape index (κ3) is 4.87. The van der Waals surface area contributed by atoms with Gasteiger partial charge in [-0.15, -0.1) is 0 Å². The molecule has 0 aromatic heterocycles. The number of carbonyl (C=O) groups is 1. The summed E-state index contributed by atoms with van der Waals surface area (Å²) in [6, 6.07) is 6.54. The molecule has 0 atom stereocenters. The minimum absolute atomic E-state index is 0.0342. The number of aliphatic hydroxyl groups is 1. The van der Waals surface area contributed by atoms with Crippen molar-refractivity contribution < 1.29 is 15.0 Å². The summed E-state index contributed by atoms with van der Waals surface area (Å²) in [4.78, 5) is 11.6. The molecule has 4 heteroatoms. The number of rotatable bonds is 5. The summed E-state index contributed by atoms with van der Waals surface area (Å²) < 4.78 is 0. The number of amides is 1. The zero-order valence-corrected chi connectivity index (χ0v) is 10.2. The first-order chi connectivity index (χ1) is 7.93. The molecule has 0 heterocycles. The van der Waals surface area contributed by atoms with E-state index >= 15 is 0 Å². The van der Waals surface area contributed by atoms with Gasteiger partial charge >= 0.3 is 0 Å². The summed E-state index contributed by atoms with van der Waals surface area (Å²) in [5.74, 6) is 0.104. The Hall–Kier alpha value is -1.55. The van der Waals surface area contributed by atoms with Gasteiger partial charge < -0.3 is 15.5 Å². The molecule has 4 nitrogen and oxygen atoms in total. The molecular formula is C13H19NO3. The minimum atomic E-state index is -0.301. The van der Waals surface area contributed by atoms with Crippen LogP contribution in [0.1, 0.15) is 19.4 Å². The van der Waals surface area contributed by atoms with Gasteiger partial charge in [-0.3, -0.25) is 4.79 Å². The summed E-state index contributed by atoms with van der Waals surface area (Å²) >= 11 is 0. The Morgan fingerprint density at radius 1 is 1.29 bits per heavy atom. The van der Waals surface area contributed by atoms with Crippen LogP contribution >= 0.6 is 0 Å². The minimum Gasteiger partial charge on any atom is -0.508 e. The van der Waals surface area contributed by atoms with Crippen molar-refractivity contribution in [3.05, 3.63) is 29.8 Å². The number of aliphatic hydroxyl groups excluding tert-OH is 1. The highest BCUT2D eigenvalue weighted by Gasteiger charge is 2.17. The Kier molecular flexibility index (Phi) is 4.52. The highest BCUT2D eigenvalue weighted by atomic mass is 16.3. The highest BCUT2D eigenvalue weighted by Crippen LogP contribution is 2.12. The standard InChI is InChI=1S/C13H19NO3/c1-13(2,9-15)8-14-12(17)7-10-3-5-11(16)6-4-10/h3-6,15-16H,7-9H2,1-2H3,(H,14,17). The Morgan fingerprint density at radius 3 is 2.41 bits per heavy atom. The van der Waals surface area contributed by atoms with Crippen LogP contribution in [0.3, 0.4) is 0 Å². The van der Waals surface area contributed by atoms with E-state index in [9.17, 15) is 4.79 Å². The van der Waals surface area contributed by atoms with Crippen LogP contribution in [0.25, 0.3) is 0 Å². The maximum atomic E-state index is 11.6. The van der Waals surface area contributed by atoms with Gasteiger partial charge in [0.15, 0.2) is 0 Å². The van der Waals surface area contributed by atoms with Crippen LogP contribution < -0.4 is 5.32 Å². The topological polar surface area (TPSA) is 69.6 Å². The molecular weight excluding hydrogens is 218 g/mol. The smallest absolute Gasteiger partial charge is 0.224 e. The molecule has 3 N–H and O–H groups in total. The molecule has 1 aromatic rings. The second-order valence-corrected chi connectivity index (χ2v) is 4.94. The molecule has 0 aliphatic heterocycles. The molecule has 0 radical (unpaired) electrons. The molecule has 0 unspecified atom stereocenters. The van der Waals surface area contributed by atoms with Gasteiger partial charge in [-0.25, -0.2) is 0 Å². The van der Waals surface area contributed by atoms with Crippen LogP contribution in [-0.2, 0) is 11.2 Å². The first-order valence-corrected chi connectivity index (χ1v) is 5.58. The van der Waals surface area contributed by atoms with Crippen LogP contribution in [0.15, 0.2) is 24.3 Å². The SMILES string of the molecule is CC(C)(CO)CNC(=O)Cc1ccc(O)cc1. The third-order valence-corrected chi connectivity index (χ3v) is 2.49. The Morgan fingerprint density at radius 2 is 1.88 bits per heavy atom. The van der Waals surface area contributed by atoms with Gasteiger partial charge in [-0.1, -0.05) is 26.0 Å². The van der Waals surface area contributed by atoms with Gasteiger partial charge in [0.2, 0.25) is 5.91 Å². The summed E-state index contributed by atoms with van der Waals surface area (Å²) in [5.41, 5.74) is 0.548. The number of carbonyl (C=O) groups excluding carboxylic acids is 1. The van der Waals surface area contributed by atoms with Gasteiger partial charge in [-0.05, 0) is 17.7 Å². The van der Waals surface area contributed by atoms with Crippen molar-refractivity contribution in [2.75, 3.05) is 13.2 Å². The number of phenols is 1. The first-order valence-electron chi connectivity index (χ1n) is 5.58. The first kappa shape index (κ1) is 13.5. The molecule has 17 heavy (non-hydrogen) atoms. The van der Waals surface area contributed by atoms with E-state index in [1.807, 2.05) is 13.8 Å². The van der Waals surface area contributed by atoms with Crippen LogP contribution in [0.5, 0.6) is 5.75 Å². The predicted octanol–water partition coefficient (Wildman–Crippen LogP) is 1.07. The molecule has 0 bridgehead atoms. The third-order valence-electron chi connectivity index (χ3n) is 2.49. The number of phenolic OH excluding ortho intramolecular Hbond substituents is 1. The molecule has 1 rings (SSSR count). The maximum absolute atomic E-state index is 11.6. The van der Waals surface area contributed by atoms with Crippen molar-refractivity contribution >= 4 is 5.91 Å². The summed E-state index contributed by atoms with van der Waals surface area (Å²) in [7, 11) is 0. The van der Waals surface area contributed by atoms with Crippen LogP contribution in [0.2, 0.25) is 0 Å². The monoisotopic (exact) mass is 237 g/mol.